The van der Waals surface area contributed by atoms with Gasteiger partial charge in [-0.3, -0.25) is 4.79 Å². The standard InChI is InChI=1S/C11H23NO2S/c1-8(2)5-6-11(14)12-9(3)10(7-13)15-4/h8-10,13H,5-7H2,1-4H3,(H,12,14). The fourth-order valence-corrected chi connectivity index (χ4v) is 1.90. The molecule has 0 aliphatic heterocycles. The van der Waals surface area contributed by atoms with Crippen LogP contribution in [-0.2, 0) is 4.79 Å². The average molecular weight is 233 g/mol. The van der Waals surface area contributed by atoms with E-state index in [1.165, 1.54) is 0 Å². The average Bonchev–Trinajstić information content (AvgIpc) is 2.16. The second-order valence-corrected chi connectivity index (χ2v) is 5.32. The topological polar surface area (TPSA) is 49.3 Å². The van der Waals surface area contributed by atoms with E-state index in [2.05, 4.69) is 19.2 Å². The second-order valence-electron chi connectivity index (χ2n) is 4.25. The maximum Gasteiger partial charge on any atom is 0.220 e. The van der Waals surface area contributed by atoms with E-state index in [1.807, 2.05) is 13.2 Å². The molecule has 0 saturated carbocycles. The van der Waals surface area contributed by atoms with Gasteiger partial charge in [0.05, 0.1) is 6.61 Å². The van der Waals surface area contributed by atoms with Crippen molar-refractivity contribution < 1.29 is 9.90 Å². The van der Waals surface area contributed by atoms with E-state index in [9.17, 15) is 4.79 Å². The molecule has 2 unspecified atom stereocenters. The number of hydrogen-bond acceptors (Lipinski definition) is 3. The molecule has 0 aromatic carbocycles. The van der Waals surface area contributed by atoms with Crippen LogP contribution in [0.3, 0.4) is 0 Å². The first-order chi connectivity index (χ1) is 7.01. The van der Waals surface area contributed by atoms with Gasteiger partial charge in [-0.15, -0.1) is 0 Å². The number of carbonyl (C=O) groups is 1. The van der Waals surface area contributed by atoms with Crippen molar-refractivity contribution in [1.29, 1.82) is 0 Å². The molecule has 15 heavy (non-hydrogen) atoms. The van der Waals surface area contributed by atoms with E-state index in [-0.39, 0.29) is 23.8 Å². The number of amides is 1. The smallest absolute Gasteiger partial charge is 0.220 e. The Bertz CT molecular complexity index is 181. The van der Waals surface area contributed by atoms with Gasteiger partial charge in [0.2, 0.25) is 5.91 Å². The van der Waals surface area contributed by atoms with Crippen LogP contribution < -0.4 is 5.32 Å². The number of nitrogens with one attached hydrogen (secondary N) is 1. The first-order valence-electron chi connectivity index (χ1n) is 5.44. The fourth-order valence-electron chi connectivity index (χ4n) is 1.28. The van der Waals surface area contributed by atoms with Crippen LogP contribution in [0.15, 0.2) is 0 Å². The Morgan fingerprint density at radius 2 is 2.00 bits per heavy atom. The molecule has 3 nitrogen and oxygen atoms in total. The van der Waals surface area contributed by atoms with Gasteiger partial charge in [0.15, 0.2) is 0 Å². The van der Waals surface area contributed by atoms with Gasteiger partial charge in [-0.25, -0.2) is 0 Å². The van der Waals surface area contributed by atoms with Crippen LogP contribution in [0, 0.1) is 5.92 Å². The van der Waals surface area contributed by atoms with Crippen molar-refractivity contribution in [2.24, 2.45) is 5.92 Å². The molecule has 0 radical (unpaired) electrons. The summed E-state index contributed by atoms with van der Waals surface area (Å²) in [5.41, 5.74) is 0. The summed E-state index contributed by atoms with van der Waals surface area (Å²) in [6, 6.07) is 0.0321. The Labute approximate surface area is 97.0 Å². The summed E-state index contributed by atoms with van der Waals surface area (Å²) in [7, 11) is 0. The van der Waals surface area contributed by atoms with E-state index >= 15 is 0 Å². The molecule has 0 fully saturated rings. The zero-order valence-corrected chi connectivity index (χ0v) is 10.9. The quantitative estimate of drug-likeness (QED) is 0.703. The second kappa shape index (κ2) is 7.99. The van der Waals surface area contributed by atoms with Crippen molar-refractivity contribution in [3.63, 3.8) is 0 Å². The Hall–Kier alpha value is -0.220. The van der Waals surface area contributed by atoms with Crippen LogP contribution >= 0.6 is 11.8 Å². The molecular weight excluding hydrogens is 210 g/mol. The monoisotopic (exact) mass is 233 g/mol. The van der Waals surface area contributed by atoms with Crippen molar-refractivity contribution in [3.05, 3.63) is 0 Å². The highest BCUT2D eigenvalue weighted by Crippen LogP contribution is 2.11. The Morgan fingerprint density at radius 3 is 2.40 bits per heavy atom. The number of thioether (sulfide) groups is 1. The number of rotatable bonds is 7. The Morgan fingerprint density at radius 1 is 1.40 bits per heavy atom. The van der Waals surface area contributed by atoms with Crippen LogP contribution in [0.5, 0.6) is 0 Å². The van der Waals surface area contributed by atoms with Crippen molar-refractivity contribution >= 4 is 17.7 Å². The molecule has 1 amide bonds. The number of carbonyl (C=O) groups excluding carboxylic acids is 1. The van der Waals surface area contributed by atoms with Gasteiger partial charge in [0.1, 0.15) is 0 Å². The SMILES string of the molecule is CSC(CO)C(C)NC(=O)CCC(C)C. The summed E-state index contributed by atoms with van der Waals surface area (Å²) in [5.74, 6) is 0.643. The third kappa shape index (κ3) is 6.79. The molecule has 0 aliphatic carbocycles. The Kier molecular flexibility index (Phi) is 7.88. The fraction of sp³-hybridized carbons (Fsp3) is 0.909. The van der Waals surface area contributed by atoms with E-state index in [1.54, 1.807) is 11.8 Å². The van der Waals surface area contributed by atoms with Gasteiger partial charge in [0, 0.05) is 17.7 Å². The highest BCUT2D eigenvalue weighted by atomic mass is 32.2. The number of aliphatic hydroxyl groups excluding tert-OH is 1. The van der Waals surface area contributed by atoms with Crippen molar-refractivity contribution in [2.45, 2.75) is 44.9 Å². The molecule has 0 heterocycles. The highest BCUT2D eigenvalue weighted by Gasteiger charge is 2.17. The molecule has 90 valence electrons. The molecule has 0 saturated heterocycles. The molecule has 0 aliphatic rings. The summed E-state index contributed by atoms with van der Waals surface area (Å²) in [6.45, 7) is 6.25. The van der Waals surface area contributed by atoms with Crippen LogP contribution in [0.25, 0.3) is 0 Å². The largest absolute Gasteiger partial charge is 0.395 e. The van der Waals surface area contributed by atoms with Gasteiger partial charge >= 0.3 is 0 Å². The lowest BCUT2D eigenvalue weighted by molar-refractivity contribution is -0.122. The number of aliphatic hydroxyl groups is 1. The molecule has 4 heteroatoms. The first kappa shape index (κ1) is 14.8. The molecule has 0 aromatic rings. The van der Waals surface area contributed by atoms with Crippen molar-refractivity contribution in [3.8, 4) is 0 Å². The highest BCUT2D eigenvalue weighted by molar-refractivity contribution is 7.99. The van der Waals surface area contributed by atoms with Crippen LogP contribution in [0.2, 0.25) is 0 Å². The molecule has 0 rings (SSSR count). The lowest BCUT2D eigenvalue weighted by Gasteiger charge is -2.21. The van der Waals surface area contributed by atoms with E-state index in [4.69, 9.17) is 5.11 Å². The number of hydrogen-bond donors (Lipinski definition) is 2. The van der Waals surface area contributed by atoms with Crippen LogP contribution in [-0.4, -0.2) is 35.2 Å². The summed E-state index contributed by atoms with van der Waals surface area (Å²) >= 11 is 1.58. The maximum absolute atomic E-state index is 11.5. The predicted octanol–water partition coefficient (Wildman–Crippen LogP) is 1.65. The van der Waals surface area contributed by atoms with Gasteiger partial charge in [-0.05, 0) is 25.5 Å². The van der Waals surface area contributed by atoms with Gasteiger partial charge in [0.25, 0.3) is 0 Å². The van der Waals surface area contributed by atoms with E-state index < -0.39 is 0 Å². The summed E-state index contributed by atoms with van der Waals surface area (Å²) in [4.78, 5) is 11.5. The normalized spacial score (nSPS) is 15.1. The zero-order valence-electron chi connectivity index (χ0n) is 10.1. The zero-order chi connectivity index (χ0) is 11.8. The summed E-state index contributed by atoms with van der Waals surface area (Å²) < 4.78 is 0. The van der Waals surface area contributed by atoms with Gasteiger partial charge in [-0.1, -0.05) is 13.8 Å². The molecule has 2 N–H and O–H groups in total. The third-order valence-electron chi connectivity index (χ3n) is 2.38. The lowest BCUT2D eigenvalue weighted by Crippen LogP contribution is -2.41. The minimum Gasteiger partial charge on any atom is -0.395 e. The maximum atomic E-state index is 11.5. The van der Waals surface area contributed by atoms with Crippen molar-refractivity contribution in [1.82, 2.24) is 5.32 Å². The molecule has 2 atom stereocenters. The lowest BCUT2D eigenvalue weighted by atomic mass is 10.1. The van der Waals surface area contributed by atoms with E-state index in [0.29, 0.717) is 12.3 Å². The minimum atomic E-state index is 0.0321. The summed E-state index contributed by atoms with van der Waals surface area (Å²) in [5, 5.41) is 12.1. The van der Waals surface area contributed by atoms with Crippen LogP contribution in [0.1, 0.15) is 33.6 Å². The predicted molar refractivity (Wildman–Crippen MR) is 66.1 cm³/mol. The van der Waals surface area contributed by atoms with Crippen molar-refractivity contribution in [2.75, 3.05) is 12.9 Å². The molecule has 0 bridgehead atoms. The summed E-state index contributed by atoms with van der Waals surface area (Å²) in [6.07, 6.45) is 3.44. The van der Waals surface area contributed by atoms with E-state index in [0.717, 1.165) is 6.42 Å². The minimum absolute atomic E-state index is 0.0321. The van der Waals surface area contributed by atoms with Crippen LogP contribution in [0.4, 0.5) is 0 Å². The van der Waals surface area contributed by atoms with Gasteiger partial charge in [-0.2, -0.15) is 11.8 Å². The molecular formula is C11H23NO2S. The van der Waals surface area contributed by atoms with Gasteiger partial charge < -0.3 is 10.4 Å². The first-order valence-corrected chi connectivity index (χ1v) is 6.73. The Balaban J connectivity index is 3.84. The molecule has 0 spiro atoms. The molecule has 0 aromatic heterocycles. The third-order valence-corrected chi connectivity index (χ3v) is 3.54.